The molecule has 0 saturated heterocycles. The average molecular weight is 243 g/mol. The zero-order chi connectivity index (χ0) is 13.0. The van der Waals surface area contributed by atoms with E-state index in [9.17, 15) is 9.18 Å². The summed E-state index contributed by atoms with van der Waals surface area (Å²) in [5.74, 6) is -0.809. The molecule has 1 unspecified atom stereocenters. The molecule has 0 aliphatic rings. The van der Waals surface area contributed by atoms with Gasteiger partial charge in [-0.15, -0.1) is 0 Å². The first kappa shape index (κ1) is 12.5. The fourth-order valence-corrected chi connectivity index (χ4v) is 1.90. The summed E-state index contributed by atoms with van der Waals surface area (Å²) in [7, 11) is 0. The van der Waals surface area contributed by atoms with Crippen molar-refractivity contribution in [1.82, 2.24) is 0 Å². The number of ketones is 1. The molecule has 0 aliphatic heterocycles. The molecule has 2 nitrogen and oxygen atoms in total. The summed E-state index contributed by atoms with van der Waals surface area (Å²) >= 11 is 0. The zero-order valence-electron chi connectivity index (χ0n) is 9.84. The van der Waals surface area contributed by atoms with Gasteiger partial charge in [0.1, 0.15) is 5.82 Å². The van der Waals surface area contributed by atoms with Crippen molar-refractivity contribution in [3.05, 3.63) is 71.5 Å². The van der Waals surface area contributed by atoms with E-state index in [1.165, 1.54) is 24.3 Å². The van der Waals surface area contributed by atoms with Crippen LogP contribution in [0.25, 0.3) is 0 Å². The monoisotopic (exact) mass is 243 g/mol. The Kier molecular flexibility index (Phi) is 3.85. The first-order valence-electron chi connectivity index (χ1n) is 5.77. The van der Waals surface area contributed by atoms with E-state index in [1.807, 2.05) is 30.3 Å². The van der Waals surface area contributed by atoms with Crippen LogP contribution in [0.4, 0.5) is 4.39 Å². The Bertz CT molecular complexity index is 522. The number of benzene rings is 2. The van der Waals surface area contributed by atoms with Crippen molar-refractivity contribution in [3.8, 4) is 0 Å². The van der Waals surface area contributed by atoms with E-state index in [2.05, 4.69) is 0 Å². The average Bonchev–Trinajstić information content (AvgIpc) is 2.41. The number of hydrogen-bond acceptors (Lipinski definition) is 2. The fraction of sp³-hybridized carbons (Fsp3) is 0.133. The lowest BCUT2D eigenvalue weighted by Crippen LogP contribution is -2.21. The van der Waals surface area contributed by atoms with Crippen molar-refractivity contribution in [2.24, 2.45) is 5.73 Å². The summed E-state index contributed by atoms with van der Waals surface area (Å²) in [4.78, 5) is 12.3. The maximum absolute atomic E-state index is 12.8. The highest BCUT2D eigenvalue weighted by Gasteiger charge is 2.20. The number of carbonyl (C=O) groups is 1. The molecule has 2 aromatic rings. The van der Waals surface area contributed by atoms with Crippen LogP contribution in [-0.2, 0) is 0 Å². The van der Waals surface area contributed by atoms with Crippen LogP contribution in [0.2, 0.25) is 0 Å². The lowest BCUT2D eigenvalue weighted by atomic mass is 9.91. The second-order valence-electron chi connectivity index (χ2n) is 4.07. The third kappa shape index (κ3) is 2.63. The molecular formula is C15H14FNO. The van der Waals surface area contributed by atoms with Crippen LogP contribution in [0.3, 0.4) is 0 Å². The molecule has 0 amide bonds. The van der Waals surface area contributed by atoms with Crippen LogP contribution in [-0.4, -0.2) is 12.3 Å². The highest BCUT2D eigenvalue weighted by molar-refractivity contribution is 6.01. The van der Waals surface area contributed by atoms with Crippen LogP contribution < -0.4 is 5.73 Å². The Morgan fingerprint density at radius 2 is 1.67 bits per heavy atom. The predicted molar refractivity (Wildman–Crippen MR) is 69.0 cm³/mol. The van der Waals surface area contributed by atoms with Crippen LogP contribution in [0, 0.1) is 5.82 Å². The Morgan fingerprint density at radius 1 is 1.06 bits per heavy atom. The third-order valence-corrected chi connectivity index (χ3v) is 2.88. The number of carbonyl (C=O) groups excluding carboxylic acids is 1. The zero-order valence-corrected chi connectivity index (χ0v) is 9.84. The summed E-state index contributed by atoms with van der Waals surface area (Å²) in [6.45, 7) is 0.236. The van der Waals surface area contributed by atoms with Gasteiger partial charge in [-0.2, -0.15) is 0 Å². The van der Waals surface area contributed by atoms with Crippen LogP contribution in [0.15, 0.2) is 54.6 Å². The normalized spacial score (nSPS) is 12.1. The topological polar surface area (TPSA) is 43.1 Å². The lowest BCUT2D eigenvalue weighted by molar-refractivity contribution is 0.0962. The summed E-state index contributed by atoms with van der Waals surface area (Å²) in [5, 5.41) is 0. The molecule has 0 radical (unpaired) electrons. The van der Waals surface area contributed by atoms with Gasteiger partial charge in [-0.3, -0.25) is 4.79 Å². The Morgan fingerprint density at radius 3 is 2.22 bits per heavy atom. The van der Waals surface area contributed by atoms with E-state index in [1.54, 1.807) is 0 Å². The van der Waals surface area contributed by atoms with Crippen molar-refractivity contribution in [1.29, 1.82) is 0 Å². The minimum atomic E-state index is -0.378. The van der Waals surface area contributed by atoms with Crippen molar-refractivity contribution in [2.75, 3.05) is 6.54 Å². The maximum atomic E-state index is 12.8. The molecule has 2 rings (SSSR count). The van der Waals surface area contributed by atoms with Crippen molar-refractivity contribution < 1.29 is 9.18 Å². The second kappa shape index (κ2) is 5.56. The summed E-state index contributed by atoms with van der Waals surface area (Å²) in [6.07, 6.45) is 0. The quantitative estimate of drug-likeness (QED) is 0.839. The van der Waals surface area contributed by atoms with E-state index in [4.69, 9.17) is 5.73 Å². The largest absolute Gasteiger partial charge is 0.329 e. The summed E-state index contributed by atoms with van der Waals surface area (Å²) in [5.41, 5.74) is 7.04. The highest BCUT2D eigenvalue weighted by Crippen LogP contribution is 2.20. The number of nitrogens with two attached hydrogens (primary N) is 1. The first-order valence-corrected chi connectivity index (χ1v) is 5.77. The number of Topliss-reactive ketones (excluding diaryl/α,β-unsaturated/α-hetero) is 1. The van der Waals surface area contributed by atoms with Gasteiger partial charge in [0.2, 0.25) is 0 Å². The molecule has 18 heavy (non-hydrogen) atoms. The third-order valence-electron chi connectivity index (χ3n) is 2.88. The van der Waals surface area contributed by atoms with Gasteiger partial charge >= 0.3 is 0 Å². The van der Waals surface area contributed by atoms with E-state index in [0.29, 0.717) is 5.56 Å². The SMILES string of the molecule is NCC(C(=O)c1ccc(F)cc1)c1ccccc1. The van der Waals surface area contributed by atoms with Gasteiger partial charge in [0.05, 0.1) is 5.92 Å². The van der Waals surface area contributed by atoms with E-state index in [0.717, 1.165) is 5.56 Å². The molecular weight excluding hydrogens is 229 g/mol. The summed E-state index contributed by atoms with van der Waals surface area (Å²) < 4.78 is 12.8. The van der Waals surface area contributed by atoms with Gasteiger partial charge < -0.3 is 5.73 Å². The molecule has 3 heteroatoms. The first-order chi connectivity index (χ1) is 8.72. The van der Waals surface area contributed by atoms with Crippen molar-refractivity contribution >= 4 is 5.78 Å². The molecule has 92 valence electrons. The molecule has 0 aromatic heterocycles. The number of halogens is 1. The van der Waals surface area contributed by atoms with E-state index >= 15 is 0 Å². The van der Waals surface area contributed by atoms with Crippen molar-refractivity contribution in [3.63, 3.8) is 0 Å². The molecule has 2 N–H and O–H groups in total. The summed E-state index contributed by atoms with van der Waals surface area (Å²) in [6, 6.07) is 14.9. The standard InChI is InChI=1S/C15H14FNO/c16-13-8-6-12(7-9-13)15(18)14(10-17)11-4-2-1-3-5-11/h1-9,14H,10,17H2. The molecule has 0 heterocycles. The van der Waals surface area contributed by atoms with Crippen LogP contribution >= 0.6 is 0 Å². The fourth-order valence-electron chi connectivity index (χ4n) is 1.90. The lowest BCUT2D eigenvalue weighted by Gasteiger charge is -2.14. The van der Waals surface area contributed by atoms with E-state index in [-0.39, 0.29) is 24.1 Å². The predicted octanol–water partition coefficient (Wildman–Crippen LogP) is 2.75. The molecule has 1 atom stereocenters. The smallest absolute Gasteiger partial charge is 0.171 e. The van der Waals surface area contributed by atoms with Crippen LogP contribution in [0.1, 0.15) is 21.8 Å². The molecule has 0 bridgehead atoms. The molecule has 0 aliphatic carbocycles. The van der Waals surface area contributed by atoms with Gasteiger partial charge in [0.15, 0.2) is 5.78 Å². The highest BCUT2D eigenvalue weighted by atomic mass is 19.1. The second-order valence-corrected chi connectivity index (χ2v) is 4.07. The Labute approximate surface area is 105 Å². The number of hydrogen-bond donors (Lipinski definition) is 1. The van der Waals surface area contributed by atoms with Crippen molar-refractivity contribution in [2.45, 2.75) is 5.92 Å². The molecule has 0 spiro atoms. The van der Waals surface area contributed by atoms with Gasteiger partial charge in [0, 0.05) is 12.1 Å². The Balaban J connectivity index is 2.28. The van der Waals surface area contributed by atoms with Gasteiger partial charge in [0.25, 0.3) is 0 Å². The van der Waals surface area contributed by atoms with Crippen LogP contribution in [0.5, 0.6) is 0 Å². The van der Waals surface area contributed by atoms with Gasteiger partial charge in [-0.1, -0.05) is 30.3 Å². The molecule has 0 saturated carbocycles. The minimum Gasteiger partial charge on any atom is -0.329 e. The molecule has 0 fully saturated rings. The number of rotatable bonds is 4. The Hall–Kier alpha value is -2.00. The van der Waals surface area contributed by atoms with Gasteiger partial charge in [-0.05, 0) is 29.8 Å². The maximum Gasteiger partial charge on any atom is 0.171 e. The minimum absolute atomic E-state index is 0.0799. The van der Waals surface area contributed by atoms with Gasteiger partial charge in [-0.25, -0.2) is 4.39 Å². The van der Waals surface area contributed by atoms with E-state index < -0.39 is 0 Å². The molecule has 2 aromatic carbocycles.